The highest BCUT2D eigenvalue weighted by Crippen LogP contribution is 2.28. The largest absolute Gasteiger partial charge is 0.322 e. The van der Waals surface area contributed by atoms with Crippen LogP contribution >= 0.6 is 11.6 Å². The number of carbonyl (C=O) groups excluding carboxylic acids is 1. The zero-order valence-electron chi connectivity index (χ0n) is 15.1. The number of benzene rings is 3. The molecule has 3 aromatic rings. The van der Waals surface area contributed by atoms with Crippen LogP contribution in [0.25, 0.3) is 10.8 Å². The average molecular weight is 415 g/mol. The molecule has 0 aliphatic carbocycles. The predicted molar refractivity (Wildman–Crippen MR) is 111 cm³/mol. The zero-order valence-corrected chi connectivity index (χ0v) is 16.6. The highest BCUT2D eigenvalue weighted by atomic mass is 35.5. The quantitative estimate of drug-likeness (QED) is 0.682. The first kappa shape index (κ1) is 18.9. The molecule has 0 unspecified atom stereocenters. The van der Waals surface area contributed by atoms with E-state index in [1.807, 2.05) is 42.5 Å². The van der Waals surface area contributed by atoms with Crippen molar-refractivity contribution >= 4 is 44.0 Å². The smallest absolute Gasteiger partial charge is 0.255 e. The van der Waals surface area contributed by atoms with Crippen LogP contribution in [0.3, 0.4) is 0 Å². The summed E-state index contributed by atoms with van der Waals surface area (Å²) in [6.07, 6.45) is 1.66. The van der Waals surface area contributed by atoms with E-state index in [-0.39, 0.29) is 21.4 Å². The second-order valence-corrected chi connectivity index (χ2v) is 9.09. The molecule has 144 valence electrons. The van der Waals surface area contributed by atoms with Gasteiger partial charge in [0.25, 0.3) is 5.91 Å². The summed E-state index contributed by atoms with van der Waals surface area (Å²) in [6, 6.07) is 17.8. The first-order valence-corrected chi connectivity index (χ1v) is 10.9. The Kier molecular flexibility index (Phi) is 5.10. The molecule has 0 radical (unpaired) electrons. The Morgan fingerprint density at radius 2 is 1.64 bits per heavy atom. The summed E-state index contributed by atoms with van der Waals surface area (Å²) in [6.45, 7) is 0.957. The SMILES string of the molecule is O=C(Nc1ccc2ccccc2c1)c1ccc(Cl)c(S(=O)(=O)N2CCCC2)c1. The van der Waals surface area contributed by atoms with Crippen LogP contribution in [0.5, 0.6) is 0 Å². The summed E-state index contributed by atoms with van der Waals surface area (Å²) in [5.41, 5.74) is 0.887. The second kappa shape index (κ2) is 7.54. The van der Waals surface area contributed by atoms with Gasteiger partial charge in [-0.15, -0.1) is 0 Å². The summed E-state index contributed by atoms with van der Waals surface area (Å²) < 4.78 is 27.1. The Hall–Kier alpha value is -2.41. The Morgan fingerprint density at radius 3 is 2.39 bits per heavy atom. The number of nitrogens with zero attached hydrogens (tertiary/aromatic N) is 1. The molecule has 0 aromatic heterocycles. The molecule has 0 atom stereocenters. The lowest BCUT2D eigenvalue weighted by molar-refractivity contribution is 0.102. The minimum Gasteiger partial charge on any atom is -0.322 e. The molecule has 28 heavy (non-hydrogen) atoms. The molecule has 0 saturated carbocycles. The summed E-state index contributed by atoms with van der Waals surface area (Å²) >= 11 is 6.15. The van der Waals surface area contributed by atoms with E-state index in [0.29, 0.717) is 18.8 Å². The summed E-state index contributed by atoms with van der Waals surface area (Å²) in [5, 5.41) is 5.03. The maximum atomic E-state index is 12.8. The minimum atomic E-state index is -3.71. The number of sulfonamides is 1. The second-order valence-electron chi connectivity index (χ2n) is 6.77. The monoisotopic (exact) mass is 414 g/mol. The van der Waals surface area contributed by atoms with Crippen LogP contribution in [0, 0.1) is 0 Å². The van der Waals surface area contributed by atoms with Crippen LogP contribution in [-0.4, -0.2) is 31.7 Å². The number of nitrogens with one attached hydrogen (secondary N) is 1. The van der Waals surface area contributed by atoms with E-state index in [1.165, 1.54) is 22.5 Å². The van der Waals surface area contributed by atoms with E-state index in [9.17, 15) is 13.2 Å². The van der Waals surface area contributed by atoms with Gasteiger partial charge in [0.1, 0.15) is 4.90 Å². The lowest BCUT2D eigenvalue weighted by Gasteiger charge is -2.17. The van der Waals surface area contributed by atoms with Crippen LogP contribution < -0.4 is 5.32 Å². The third kappa shape index (κ3) is 3.63. The molecule has 0 spiro atoms. The fourth-order valence-electron chi connectivity index (χ4n) is 3.38. The van der Waals surface area contributed by atoms with E-state index in [1.54, 1.807) is 0 Å². The molecule has 1 aliphatic heterocycles. The number of hydrogen-bond donors (Lipinski definition) is 1. The summed E-state index contributed by atoms with van der Waals surface area (Å²) in [4.78, 5) is 12.7. The zero-order chi connectivity index (χ0) is 19.7. The van der Waals surface area contributed by atoms with E-state index in [4.69, 9.17) is 11.6 Å². The van der Waals surface area contributed by atoms with Gasteiger partial charge in [-0.05, 0) is 53.9 Å². The van der Waals surface area contributed by atoms with Gasteiger partial charge in [0.15, 0.2) is 0 Å². The van der Waals surface area contributed by atoms with Crippen LogP contribution in [0.1, 0.15) is 23.2 Å². The Bertz CT molecular complexity index is 1160. The predicted octanol–water partition coefficient (Wildman–Crippen LogP) is 4.53. The van der Waals surface area contributed by atoms with Crippen molar-refractivity contribution in [3.05, 3.63) is 71.2 Å². The van der Waals surface area contributed by atoms with Gasteiger partial charge >= 0.3 is 0 Å². The van der Waals surface area contributed by atoms with Gasteiger partial charge in [0.05, 0.1) is 5.02 Å². The van der Waals surface area contributed by atoms with Crippen LogP contribution in [0.4, 0.5) is 5.69 Å². The van der Waals surface area contributed by atoms with Crippen LogP contribution in [0.2, 0.25) is 5.02 Å². The van der Waals surface area contributed by atoms with Crippen LogP contribution in [0.15, 0.2) is 65.6 Å². The minimum absolute atomic E-state index is 0.0257. The van der Waals surface area contributed by atoms with Crippen molar-refractivity contribution in [1.82, 2.24) is 4.31 Å². The number of amides is 1. The number of rotatable bonds is 4. The van der Waals surface area contributed by atoms with Crippen molar-refractivity contribution in [2.24, 2.45) is 0 Å². The number of carbonyl (C=O) groups is 1. The van der Waals surface area contributed by atoms with Crippen LogP contribution in [-0.2, 0) is 10.0 Å². The fraction of sp³-hybridized carbons (Fsp3) is 0.190. The molecule has 5 nitrogen and oxygen atoms in total. The first-order valence-electron chi connectivity index (χ1n) is 9.05. The normalized spacial score (nSPS) is 15.0. The summed E-state index contributed by atoms with van der Waals surface area (Å²) in [5.74, 6) is -0.384. The molecule has 4 rings (SSSR count). The van der Waals surface area contributed by atoms with E-state index in [2.05, 4.69) is 5.32 Å². The van der Waals surface area contributed by atoms with Crippen molar-refractivity contribution in [3.63, 3.8) is 0 Å². The Morgan fingerprint density at radius 1 is 0.929 bits per heavy atom. The molecule has 1 heterocycles. The van der Waals surface area contributed by atoms with Crippen molar-refractivity contribution in [2.75, 3.05) is 18.4 Å². The van der Waals surface area contributed by atoms with Gasteiger partial charge in [-0.3, -0.25) is 4.79 Å². The highest BCUT2D eigenvalue weighted by Gasteiger charge is 2.29. The van der Waals surface area contributed by atoms with Crippen molar-refractivity contribution in [2.45, 2.75) is 17.7 Å². The molecular weight excluding hydrogens is 396 g/mol. The van der Waals surface area contributed by atoms with Crippen molar-refractivity contribution in [1.29, 1.82) is 0 Å². The fourth-order valence-corrected chi connectivity index (χ4v) is 5.40. The Labute approximate surface area is 169 Å². The Balaban J connectivity index is 1.62. The standard InChI is InChI=1S/C21H19ClN2O3S/c22-19-10-8-17(14-20(19)28(26,27)24-11-3-4-12-24)21(25)23-18-9-7-15-5-1-2-6-16(15)13-18/h1-2,5-10,13-14H,3-4,11-12H2,(H,23,25). The van der Waals surface area contributed by atoms with Gasteiger partial charge < -0.3 is 5.32 Å². The third-order valence-corrected chi connectivity index (χ3v) is 7.26. The molecule has 7 heteroatoms. The number of fused-ring (bicyclic) bond motifs is 1. The molecule has 0 bridgehead atoms. The number of anilines is 1. The lowest BCUT2D eigenvalue weighted by Crippen LogP contribution is -2.28. The molecule has 1 amide bonds. The van der Waals surface area contributed by atoms with E-state index in [0.717, 1.165) is 23.6 Å². The molecule has 1 fully saturated rings. The van der Waals surface area contributed by atoms with Gasteiger partial charge in [-0.1, -0.05) is 41.9 Å². The van der Waals surface area contributed by atoms with Gasteiger partial charge in [0, 0.05) is 24.3 Å². The van der Waals surface area contributed by atoms with Gasteiger partial charge in [-0.2, -0.15) is 4.31 Å². The molecule has 1 N–H and O–H groups in total. The topological polar surface area (TPSA) is 66.5 Å². The van der Waals surface area contributed by atoms with Crippen molar-refractivity contribution < 1.29 is 13.2 Å². The van der Waals surface area contributed by atoms with Crippen molar-refractivity contribution in [3.8, 4) is 0 Å². The molecule has 3 aromatic carbocycles. The first-order chi connectivity index (χ1) is 13.4. The number of hydrogen-bond acceptors (Lipinski definition) is 3. The average Bonchev–Trinajstić information content (AvgIpc) is 3.24. The van der Waals surface area contributed by atoms with E-state index >= 15 is 0 Å². The molecule has 1 aliphatic rings. The maximum absolute atomic E-state index is 12.8. The third-order valence-electron chi connectivity index (χ3n) is 4.88. The van der Waals surface area contributed by atoms with Gasteiger partial charge in [-0.25, -0.2) is 8.42 Å². The van der Waals surface area contributed by atoms with E-state index < -0.39 is 10.0 Å². The van der Waals surface area contributed by atoms with Gasteiger partial charge in [0.2, 0.25) is 10.0 Å². The number of halogens is 1. The molecular formula is C21H19ClN2O3S. The molecule has 1 saturated heterocycles. The summed E-state index contributed by atoms with van der Waals surface area (Å²) in [7, 11) is -3.71. The maximum Gasteiger partial charge on any atom is 0.255 e. The highest BCUT2D eigenvalue weighted by molar-refractivity contribution is 7.89. The lowest BCUT2D eigenvalue weighted by atomic mass is 10.1.